The molecule has 4 unspecified atom stereocenters. The number of rotatable bonds is 6. The second kappa shape index (κ2) is 6.34. The van der Waals surface area contributed by atoms with Crippen LogP contribution in [0.2, 0.25) is 0 Å². The third-order valence-corrected chi connectivity index (χ3v) is 8.29. The van der Waals surface area contributed by atoms with E-state index in [2.05, 4.69) is 18.6 Å². The van der Waals surface area contributed by atoms with Crippen LogP contribution in [0.3, 0.4) is 0 Å². The molecule has 3 rings (SSSR count). The lowest BCUT2D eigenvalue weighted by molar-refractivity contribution is 0.0150. The zero-order chi connectivity index (χ0) is 18.5. The molecule has 3 N–H and O–H groups in total. The van der Waals surface area contributed by atoms with Gasteiger partial charge in [0.2, 0.25) is 10.0 Å². The Kier molecular flexibility index (Phi) is 4.77. The average molecular weight is 368 g/mol. The van der Waals surface area contributed by atoms with E-state index in [-0.39, 0.29) is 11.2 Å². The van der Waals surface area contributed by atoms with Gasteiger partial charge in [-0.05, 0) is 43.1 Å². The predicted octanol–water partition coefficient (Wildman–Crippen LogP) is 2.22. The van der Waals surface area contributed by atoms with Gasteiger partial charge < -0.3 is 10.2 Å². The largest absolute Gasteiger partial charge is 0.392 e. The monoisotopic (exact) mass is 367 g/mol. The minimum Gasteiger partial charge on any atom is -0.392 e. The van der Waals surface area contributed by atoms with Crippen LogP contribution in [0.25, 0.3) is 0 Å². The van der Waals surface area contributed by atoms with E-state index in [0.29, 0.717) is 12.3 Å². The minimum absolute atomic E-state index is 0.0965. The Morgan fingerprint density at radius 2 is 1.92 bits per heavy atom. The van der Waals surface area contributed by atoms with E-state index in [9.17, 15) is 18.6 Å². The lowest BCUT2D eigenvalue weighted by atomic mass is 9.70. The summed E-state index contributed by atoms with van der Waals surface area (Å²) in [4.78, 5) is 0. The molecule has 0 radical (unpaired) electrons. The maximum atomic E-state index is 13.0. The number of fused-ring (bicyclic) bond motifs is 2. The van der Waals surface area contributed by atoms with E-state index in [4.69, 9.17) is 0 Å². The first kappa shape index (κ1) is 18.8. The smallest absolute Gasteiger partial charge is 0.212 e. The average Bonchev–Trinajstić information content (AvgIpc) is 2.87. The molecule has 140 valence electrons. The Hall–Kier alpha value is -0.950. The van der Waals surface area contributed by atoms with Crippen molar-refractivity contribution in [3.63, 3.8) is 0 Å². The van der Waals surface area contributed by atoms with Gasteiger partial charge in [0.1, 0.15) is 0 Å². The fraction of sp³-hybridized carbons (Fsp3) is 0.684. The molecule has 2 saturated carbocycles. The molecule has 0 spiro atoms. The first-order chi connectivity index (χ1) is 11.6. The normalized spacial score (nSPS) is 33.3. The van der Waals surface area contributed by atoms with Crippen LogP contribution in [0.4, 0.5) is 0 Å². The van der Waals surface area contributed by atoms with Gasteiger partial charge in [0, 0.05) is 5.41 Å². The van der Waals surface area contributed by atoms with Crippen molar-refractivity contribution in [3.8, 4) is 0 Å². The van der Waals surface area contributed by atoms with E-state index in [1.54, 1.807) is 19.1 Å². The summed E-state index contributed by atoms with van der Waals surface area (Å²) >= 11 is 0. The maximum absolute atomic E-state index is 13.0. The molecule has 2 aliphatic rings. The Balaban J connectivity index is 1.85. The fourth-order valence-electron chi connectivity index (χ4n) is 5.06. The molecular formula is C19H29NO4S. The van der Waals surface area contributed by atoms with Crippen molar-refractivity contribution in [3.05, 3.63) is 35.9 Å². The van der Waals surface area contributed by atoms with Crippen LogP contribution >= 0.6 is 0 Å². The van der Waals surface area contributed by atoms with Crippen LogP contribution in [0.5, 0.6) is 0 Å². The highest BCUT2D eigenvalue weighted by molar-refractivity contribution is 7.89. The van der Waals surface area contributed by atoms with Gasteiger partial charge in [0.15, 0.2) is 0 Å². The van der Waals surface area contributed by atoms with Crippen LogP contribution in [-0.2, 0) is 10.0 Å². The Labute approximate surface area is 150 Å². The molecule has 2 fully saturated rings. The molecule has 0 saturated heterocycles. The van der Waals surface area contributed by atoms with Crippen molar-refractivity contribution in [2.24, 2.45) is 16.7 Å². The first-order valence-electron chi connectivity index (χ1n) is 9.00. The van der Waals surface area contributed by atoms with Crippen LogP contribution in [0.15, 0.2) is 30.3 Å². The number of aliphatic hydroxyl groups is 2. The van der Waals surface area contributed by atoms with Crippen molar-refractivity contribution in [1.29, 1.82) is 0 Å². The molecule has 2 bridgehead atoms. The summed E-state index contributed by atoms with van der Waals surface area (Å²) in [5, 5.41) is 20.7. The Bertz CT molecular complexity index is 716. The molecule has 0 heterocycles. The van der Waals surface area contributed by atoms with Gasteiger partial charge in [-0.2, -0.15) is 0 Å². The summed E-state index contributed by atoms with van der Waals surface area (Å²) in [5.41, 5.74) is -0.0772. The van der Waals surface area contributed by atoms with Gasteiger partial charge in [-0.1, -0.05) is 44.2 Å². The van der Waals surface area contributed by atoms with Gasteiger partial charge in [-0.25, -0.2) is 13.1 Å². The summed E-state index contributed by atoms with van der Waals surface area (Å²) in [7, 11) is -3.68. The molecule has 5 nitrogen and oxygen atoms in total. The molecule has 1 aromatic rings. The number of hydrogen-bond donors (Lipinski definition) is 3. The number of hydrogen-bond acceptors (Lipinski definition) is 4. The van der Waals surface area contributed by atoms with E-state index in [1.807, 2.05) is 18.2 Å². The van der Waals surface area contributed by atoms with E-state index in [1.165, 1.54) is 0 Å². The SMILES string of the molecule is CC(O)C(NS(=O)(=O)C[C@]12CCC(CC1O)C2(C)C)c1ccccc1. The molecule has 0 aromatic heterocycles. The quantitative estimate of drug-likeness (QED) is 0.719. The highest BCUT2D eigenvalue weighted by atomic mass is 32.2. The standard InChI is InChI=1S/C19H29NO4S/c1-13(21)17(14-7-5-4-6-8-14)20-25(23,24)12-19-10-9-15(11-16(19)22)18(19,2)3/h4-8,13,15-17,20-22H,9-12H2,1-3H3/t13?,15?,16?,17?,19-/m1/s1. The topological polar surface area (TPSA) is 86.6 Å². The zero-order valence-electron chi connectivity index (χ0n) is 15.1. The maximum Gasteiger partial charge on any atom is 0.212 e. The van der Waals surface area contributed by atoms with Gasteiger partial charge >= 0.3 is 0 Å². The summed E-state index contributed by atoms with van der Waals surface area (Å²) in [6.45, 7) is 5.75. The first-order valence-corrected chi connectivity index (χ1v) is 10.7. The van der Waals surface area contributed by atoms with Gasteiger partial charge in [-0.3, -0.25) is 0 Å². The van der Waals surface area contributed by atoms with Crippen LogP contribution < -0.4 is 4.72 Å². The predicted molar refractivity (Wildman–Crippen MR) is 97.3 cm³/mol. The third-order valence-electron chi connectivity index (χ3n) is 6.78. The van der Waals surface area contributed by atoms with Crippen molar-refractivity contribution < 1.29 is 18.6 Å². The molecule has 5 atom stereocenters. The summed E-state index contributed by atoms with van der Waals surface area (Å²) in [6, 6.07) is 8.41. The van der Waals surface area contributed by atoms with Crippen molar-refractivity contribution in [1.82, 2.24) is 4.72 Å². The number of aliphatic hydroxyl groups excluding tert-OH is 2. The van der Waals surface area contributed by atoms with Crippen molar-refractivity contribution in [2.45, 2.75) is 58.3 Å². The molecule has 6 heteroatoms. The highest BCUT2D eigenvalue weighted by Gasteiger charge is 2.65. The molecule has 25 heavy (non-hydrogen) atoms. The second-order valence-corrected chi connectivity index (χ2v) is 10.1. The van der Waals surface area contributed by atoms with Gasteiger partial charge in [0.05, 0.1) is 24.0 Å². The van der Waals surface area contributed by atoms with Crippen molar-refractivity contribution >= 4 is 10.0 Å². The van der Waals surface area contributed by atoms with Crippen molar-refractivity contribution in [2.75, 3.05) is 5.75 Å². The molecule has 0 aliphatic heterocycles. The highest BCUT2D eigenvalue weighted by Crippen LogP contribution is 2.66. The molecule has 2 aliphatic carbocycles. The molecular weight excluding hydrogens is 338 g/mol. The van der Waals surface area contributed by atoms with Gasteiger partial charge in [0.25, 0.3) is 0 Å². The summed E-state index contributed by atoms with van der Waals surface area (Å²) in [6.07, 6.45) is 0.948. The van der Waals surface area contributed by atoms with Crippen LogP contribution in [0, 0.1) is 16.7 Å². The molecule has 0 amide bonds. The number of benzene rings is 1. The Morgan fingerprint density at radius 1 is 1.28 bits per heavy atom. The van der Waals surface area contributed by atoms with E-state index in [0.717, 1.165) is 18.4 Å². The van der Waals surface area contributed by atoms with Crippen LogP contribution in [0.1, 0.15) is 51.6 Å². The van der Waals surface area contributed by atoms with E-state index >= 15 is 0 Å². The Morgan fingerprint density at radius 3 is 2.40 bits per heavy atom. The summed E-state index contributed by atoms with van der Waals surface area (Å²) in [5.74, 6) is 0.278. The van der Waals surface area contributed by atoms with E-state index < -0.39 is 33.7 Å². The number of nitrogens with one attached hydrogen (secondary N) is 1. The lowest BCUT2D eigenvalue weighted by Gasteiger charge is -2.40. The molecule has 1 aromatic carbocycles. The summed E-state index contributed by atoms with van der Waals surface area (Å²) < 4.78 is 28.6. The zero-order valence-corrected chi connectivity index (χ0v) is 16.0. The second-order valence-electron chi connectivity index (χ2n) is 8.37. The third kappa shape index (κ3) is 3.14. The lowest BCUT2D eigenvalue weighted by Crippen LogP contribution is -2.48. The van der Waals surface area contributed by atoms with Crippen LogP contribution in [-0.4, -0.2) is 36.6 Å². The minimum atomic E-state index is -3.68. The number of sulfonamides is 1. The van der Waals surface area contributed by atoms with Gasteiger partial charge in [-0.15, -0.1) is 0 Å². The fourth-order valence-corrected chi connectivity index (χ4v) is 7.25.